The predicted molar refractivity (Wildman–Crippen MR) is 97.7 cm³/mol. The summed E-state index contributed by atoms with van der Waals surface area (Å²) >= 11 is 5.89. The molecule has 0 saturated carbocycles. The Bertz CT molecular complexity index is 995. The molecule has 8 nitrogen and oxygen atoms in total. The van der Waals surface area contributed by atoms with E-state index in [4.69, 9.17) is 16.0 Å². The quantitative estimate of drug-likeness (QED) is 0.697. The highest BCUT2D eigenvalue weighted by molar-refractivity contribution is 7.91. The predicted octanol–water partition coefficient (Wildman–Crippen LogP) is 1.13. The van der Waals surface area contributed by atoms with Gasteiger partial charge in [-0.25, -0.2) is 18.2 Å². The maximum Gasteiger partial charge on any atom is 0.419 e. The fraction of sp³-hybridized carbons (Fsp3) is 0.500. The molecule has 2 aromatic rings. The molecular formula is C16H20ClN3O5S. The standard InChI is InChI=1S/C16H20ClN3O5S/c1-18(2)20(12-6-8-26(23,24)10-12)15(21)5-7-19-13-4-3-11(17)9-14(13)25-16(19)22/h3-4,9,12H,5-8,10H2,1-2H3. The van der Waals surface area contributed by atoms with Gasteiger partial charge in [0.15, 0.2) is 15.4 Å². The molecule has 2 heterocycles. The van der Waals surface area contributed by atoms with Crippen molar-refractivity contribution in [3.05, 3.63) is 33.8 Å². The van der Waals surface area contributed by atoms with Crippen LogP contribution in [-0.4, -0.2) is 60.6 Å². The second kappa shape index (κ2) is 7.05. The van der Waals surface area contributed by atoms with E-state index >= 15 is 0 Å². The smallest absolute Gasteiger partial charge is 0.408 e. The molecular weight excluding hydrogens is 382 g/mol. The Morgan fingerprint density at radius 3 is 2.73 bits per heavy atom. The third-order valence-electron chi connectivity index (χ3n) is 4.42. The molecule has 0 bridgehead atoms. The molecule has 1 aliphatic heterocycles. The number of halogens is 1. The van der Waals surface area contributed by atoms with Crippen molar-refractivity contribution in [2.24, 2.45) is 0 Å². The zero-order chi connectivity index (χ0) is 19.1. The van der Waals surface area contributed by atoms with Crippen LogP contribution in [0.15, 0.2) is 27.4 Å². The van der Waals surface area contributed by atoms with Crippen molar-refractivity contribution >= 4 is 38.4 Å². The lowest BCUT2D eigenvalue weighted by Gasteiger charge is -2.33. The third kappa shape index (κ3) is 3.79. The van der Waals surface area contributed by atoms with Gasteiger partial charge in [0.25, 0.3) is 0 Å². The van der Waals surface area contributed by atoms with E-state index in [1.165, 1.54) is 9.58 Å². The van der Waals surface area contributed by atoms with E-state index in [0.29, 0.717) is 22.5 Å². The van der Waals surface area contributed by atoms with Gasteiger partial charge < -0.3 is 4.42 Å². The number of oxazole rings is 1. The summed E-state index contributed by atoms with van der Waals surface area (Å²) in [5.74, 6) is -0.756. The number of rotatable bonds is 5. The summed E-state index contributed by atoms with van der Waals surface area (Å²) in [5.41, 5.74) is 0.924. The first-order valence-corrected chi connectivity index (χ1v) is 10.4. The molecule has 0 spiro atoms. The molecule has 1 aromatic heterocycles. The summed E-state index contributed by atoms with van der Waals surface area (Å²) in [5, 5.41) is 3.52. The molecule has 3 rings (SSSR count). The number of hydrazine groups is 1. The van der Waals surface area contributed by atoms with Gasteiger partial charge in [0.1, 0.15) is 0 Å². The molecule has 1 atom stereocenters. The number of carbonyl (C=O) groups excluding carboxylic acids is 1. The normalized spacial score (nSPS) is 19.3. The first-order valence-electron chi connectivity index (χ1n) is 8.16. The summed E-state index contributed by atoms with van der Waals surface area (Å²) in [6.45, 7) is 0.135. The Balaban J connectivity index is 1.77. The van der Waals surface area contributed by atoms with E-state index < -0.39 is 15.6 Å². The van der Waals surface area contributed by atoms with E-state index in [9.17, 15) is 18.0 Å². The lowest BCUT2D eigenvalue weighted by Crippen LogP contribution is -2.49. The highest BCUT2D eigenvalue weighted by atomic mass is 35.5. The number of aromatic nitrogens is 1. The van der Waals surface area contributed by atoms with E-state index in [2.05, 4.69) is 0 Å². The molecule has 1 aromatic carbocycles. The Kier molecular flexibility index (Phi) is 5.14. The lowest BCUT2D eigenvalue weighted by atomic mass is 10.2. The highest BCUT2D eigenvalue weighted by Crippen LogP contribution is 2.21. The monoisotopic (exact) mass is 401 g/mol. The highest BCUT2D eigenvalue weighted by Gasteiger charge is 2.35. The number of hydrogen-bond donors (Lipinski definition) is 0. The molecule has 1 unspecified atom stereocenters. The van der Waals surface area contributed by atoms with Crippen LogP contribution in [0.25, 0.3) is 11.1 Å². The van der Waals surface area contributed by atoms with Gasteiger partial charge in [0.2, 0.25) is 5.91 Å². The van der Waals surface area contributed by atoms with Crippen molar-refractivity contribution in [2.45, 2.75) is 25.4 Å². The van der Waals surface area contributed by atoms with Crippen molar-refractivity contribution < 1.29 is 17.6 Å². The Morgan fingerprint density at radius 2 is 2.12 bits per heavy atom. The van der Waals surface area contributed by atoms with Crippen molar-refractivity contribution in [2.75, 3.05) is 25.6 Å². The maximum absolute atomic E-state index is 12.7. The van der Waals surface area contributed by atoms with Crippen molar-refractivity contribution in [3.63, 3.8) is 0 Å². The van der Waals surface area contributed by atoms with E-state index in [1.54, 1.807) is 37.3 Å². The molecule has 1 saturated heterocycles. The number of hydrogen-bond acceptors (Lipinski definition) is 6. The summed E-state index contributed by atoms with van der Waals surface area (Å²) in [6.07, 6.45) is 0.464. The Labute approximate surface area is 155 Å². The summed E-state index contributed by atoms with van der Waals surface area (Å²) < 4.78 is 30.0. The van der Waals surface area contributed by atoms with Gasteiger partial charge in [-0.2, -0.15) is 0 Å². The van der Waals surface area contributed by atoms with Crippen LogP contribution in [0.5, 0.6) is 0 Å². The van der Waals surface area contributed by atoms with Gasteiger partial charge in [-0.15, -0.1) is 0 Å². The first-order chi connectivity index (χ1) is 12.2. The Morgan fingerprint density at radius 1 is 1.38 bits per heavy atom. The number of sulfone groups is 1. The SMILES string of the molecule is CN(C)N(C(=O)CCn1c(=O)oc2cc(Cl)ccc21)C1CCS(=O)(=O)C1. The number of benzene rings is 1. The van der Waals surface area contributed by atoms with Crippen molar-refractivity contribution in [1.82, 2.24) is 14.6 Å². The second-order valence-corrected chi connectivity index (χ2v) is 9.19. The van der Waals surface area contributed by atoms with Crippen LogP contribution >= 0.6 is 11.6 Å². The average molecular weight is 402 g/mol. The zero-order valence-corrected chi connectivity index (χ0v) is 16.1. The largest absolute Gasteiger partial charge is 0.419 e. The number of aryl methyl sites for hydroxylation is 1. The van der Waals surface area contributed by atoms with Gasteiger partial charge in [-0.1, -0.05) is 11.6 Å². The number of fused-ring (bicyclic) bond motifs is 1. The first kappa shape index (κ1) is 18.9. The minimum Gasteiger partial charge on any atom is -0.408 e. The van der Waals surface area contributed by atoms with Crippen LogP contribution in [0.3, 0.4) is 0 Å². The molecule has 26 heavy (non-hydrogen) atoms. The van der Waals surface area contributed by atoms with Gasteiger partial charge in [0, 0.05) is 38.1 Å². The zero-order valence-electron chi connectivity index (χ0n) is 14.5. The molecule has 1 aliphatic rings. The van der Waals surface area contributed by atoms with Gasteiger partial charge in [-0.3, -0.25) is 14.4 Å². The van der Waals surface area contributed by atoms with E-state index in [0.717, 1.165) is 0 Å². The van der Waals surface area contributed by atoms with Crippen LogP contribution in [0, 0.1) is 0 Å². The molecule has 1 amide bonds. The maximum atomic E-state index is 12.7. The van der Waals surface area contributed by atoms with Crippen LogP contribution in [0.4, 0.5) is 0 Å². The topological polar surface area (TPSA) is 92.8 Å². The van der Waals surface area contributed by atoms with Gasteiger partial charge in [-0.05, 0) is 18.6 Å². The summed E-state index contributed by atoms with van der Waals surface area (Å²) in [4.78, 5) is 24.7. The fourth-order valence-corrected chi connectivity index (χ4v) is 5.15. The van der Waals surface area contributed by atoms with E-state index in [1.807, 2.05) is 0 Å². The number of carbonyl (C=O) groups is 1. The van der Waals surface area contributed by atoms with Crippen LogP contribution in [0.2, 0.25) is 5.02 Å². The van der Waals surface area contributed by atoms with Crippen molar-refractivity contribution in [3.8, 4) is 0 Å². The minimum absolute atomic E-state index is 0.0377. The third-order valence-corrected chi connectivity index (χ3v) is 6.41. The lowest BCUT2D eigenvalue weighted by molar-refractivity contribution is -0.149. The summed E-state index contributed by atoms with van der Waals surface area (Å²) in [6, 6.07) is 4.48. The van der Waals surface area contributed by atoms with Gasteiger partial charge in [0.05, 0.1) is 23.1 Å². The minimum atomic E-state index is -3.11. The number of nitrogens with zero attached hydrogens (tertiary/aromatic N) is 3. The molecule has 142 valence electrons. The van der Waals surface area contributed by atoms with E-state index in [-0.39, 0.29) is 36.4 Å². The summed E-state index contributed by atoms with van der Waals surface area (Å²) in [7, 11) is 0.289. The molecule has 0 N–H and O–H groups in total. The van der Waals surface area contributed by atoms with Crippen LogP contribution in [-0.2, 0) is 21.2 Å². The molecule has 1 fully saturated rings. The Hall–Kier alpha value is -1.84. The fourth-order valence-electron chi connectivity index (χ4n) is 3.30. The molecule has 0 radical (unpaired) electrons. The second-order valence-electron chi connectivity index (χ2n) is 6.52. The van der Waals surface area contributed by atoms with Crippen LogP contribution in [0.1, 0.15) is 12.8 Å². The van der Waals surface area contributed by atoms with Crippen LogP contribution < -0.4 is 5.76 Å². The molecule has 10 heteroatoms. The number of amides is 1. The van der Waals surface area contributed by atoms with Gasteiger partial charge >= 0.3 is 5.76 Å². The van der Waals surface area contributed by atoms with Crippen molar-refractivity contribution in [1.29, 1.82) is 0 Å². The molecule has 0 aliphatic carbocycles. The average Bonchev–Trinajstić information content (AvgIpc) is 3.03.